The maximum absolute atomic E-state index is 10.8. The summed E-state index contributed by atoms with van der Waals surface area (Å²) in [5, 5.41) is 9.83. The van der Waals surface area contributed by atoms with E-state index >= 15 is 0 Å². The van der Waals surface area contributed by atoms with Gasteiger partial charge < -0.3 is 14.0 Å². The zero-order chi connectivity index (χ0) is 23.3. The van der Waals surface area contributed by atoms with Crippen molar-refractivity contribution in [2.75, 3.05) is 7.11 Å². The van der Waals surface area contributed by atoms with Gasteiger partial charge in [-0.2, -0.15) is 5.26 Å². The highest BCUT2D eigenvalue weighted by molar-refractivity contribution is 7.78. The minimum Gasteiger partial charge on any atom is -0.772 e. The summed E-state index contributed by atoms with van der Waals surface area (Å²) in [6, 6.07) is 15.0. The van der Waals surface area contributed by atoms with Gasteiger partial charge in [-0.05, 0) is 52.5 Å². The first kappa shape index (κ1) is 23.7. The van der Waals surface area contributed by atoms with Gasteiger partial charge in [-0.1, -0.05) is 37.6 Å². The molecule has 3 rings (SSSR count). The van der Waals surface area contributed by atoms with Gasteiger partial charge in [0.25, 0.3) is 0 Å². The predicted octanol–water partition coefficient (Wildman–Crippen LogP) is 4.29. The fraction of sp³-hybridized carbons (Fsp3) is 0.261. The summed E-state index contributed by atoms with van der Waals surface area (Å²) in [6.07, 6.45) is 1.51. The van der Waals surface area contributed by atoms with Crippen LogP contribution in [0.2, 0.25) is 5.02 Å². The number of aromatic nitrogens is 2. The molecule has 1 aromatic heterocycles. The number of nitrogens with zero attached hydrogens (tertiary/aromatic N) is 3. The Morgan fingerprint density at radius 1 is 1.19 bits per heavy atom. The fourth-order valence-corrected chi connectivity index (χ4v) is 3.88. The molecule has 0 spiro atoms. The first-order valence-electron chi connectivity index (χ1n) is 9.62. The predicted molar refractivity (Wildman–Crippen MR) is 120 cm³/mol. The van der Waals surface area contributed by atoms with Crippen LogP contribution in [0.25, 0.3) is 0 Å². The molecule has 0 aliphatic carbocycles. The van der Waals surface area contributed by atoms with Gasteiger partial charge in [0.05, 0.1) is 29.1 Å². The van der Waals surface area contributed by atoms with Crippen molar-refractivity contribution >= 4 is 22.7 Å². The minimum atomic E-state index is -2.25. The van der Waals surface area contributed by atoms with Crippen LogP contribution in [0, 0.1) is 11.3 Å². The molecular formula is C23H21ClN3O4S-. The topological polar surface area (TPSA) is 108 Å². The van der Waals surface area contributed by atoms with E-state index in [0.717, 1.165) is 11.1 Å². The summed E-state index contributed by atoms with van der Waals surface area (Å²) in [5.41, 5.74) is 2.44. The third-order valence-corrected chi connectivity index (χ3v) is 5.84. The third-order valence-electron chi connectivity index (χ3n) is 5.06. The molecule has 2 aromatic carbocycles. The van der Waals surface area contributed by atoms with Crippen molar-refractivity contribution in [1.82, 2.24) is 9.97 Å². The quantitative estimate of drug-likeness (QED) is 0.451. The van der Waals surface area contributed by atoms with Gasteiger partial charge in [0, 0.05) is 11.6 Å². The van der Waals surface area contributed by atoms with Crippen molar-refractivity contribution in [3.05, 3.63) is 81.9 Å². The van der Waals surface area contributed by atoms with Gasteiger partial charge in [0.15, 0.2) is 5.75 Å². The van der Waals surface area contributed by atoms with Gasteiger partial charge >= 0.3 is 0 Å². The lowest BCUT2D eigenvalue weighted by molar-refractivity contribution is 0.300. The lowest BCUT2D eigenvalue weighted by Crippen LogP contribution is -2.19. The van der Waals surface area contributed by atoms with E-state index in [4.69, 9.17) is 21.1 Å². The molecule has 0 radical (unpaired) electrons. The second kappa shape index (κ2) is 10.1. The summed E-state index contributed by atoms with van der Waals surface area (Å²) in [7, 11) is 1.48. The molecule has 0 aliphatic rings. The Morgan fingerprint density at radius 3 is 2.53 bits per heavy atom. The average Bonchev–Trinajstić information content (AvgIpc) is 2.77. The zero-order valence-corrected chi connectivity index (χ0v) is 19.4. The van der Waals surface area contributed by atoms with Crippen molar-refractivity contribution in [2.24, 2.45) is 0 Å². The summed E-state index contributed by atoms with van der Waals surface area (Å²) < 4.78 is 32.7. The number of hydrogen-bond acceptors (Lipinski definition) is 7. The van der Waals surface area contributed by atoms with E-state index < -0.39 is 16.5 Å². The van der Waals surface area contributed by atoms with Crippen molar-refractivity contribution in [3.63, 3.8) is 0 Å². The van der Waals surface area contributed by atoms with Crippen LogP contribution in [0.5, 0.6) is 11.5 Å². The number of methoxy groups -OCH3 is 1. The molecule has 0 fully saturated rings. The van der Waals surface area contributed by atoms with Crippen LogP contribution >= 0.6 is 11.6 Å². The van der Waals surface area contributed by atoms with Gasteiger partial charge in [-0.3, -0.25) is 4.21 Å². The van der Waals surface area contributed by atoms with E-state index in [9.17, 15) is 14.0 Å². The normalized spacial score (nSPS) is 12.1. The molecule has 0 aliphatic heterocycles. The number of hydrogen-bond donors (Lipinski definition) is 0. The van der Waals surface area contributed by atoms with Crippen LogP contribution in [0.15, 0.2) is 48.7 Å². The first-order chi connectivity index (χ1) is 15.2. The van der Waals surface area contributed by atoms with Crippen LogP contribution < -0.4 is 9.47 Å². The molecule has 0 N–H and O–H groups in total. The molecule has 0 saturated heterocycles. The van der Waals surface area contributed by atoms with E-state index in [0.29, 0.717) is 27.8 Å². The van der Waals surface area contributed by atoms with Crippen LogP contribution in [-0.2, 0) is 28.9 Å². The highest BCUT2D eigenvalue weighted by atomic mass is 35.5. The summed E-state index contributed by atoms with van der Waals surface area (Å²) in [4.78, 5) is 8.12. The Morgan fingerprint density at radius 2 is 1.91 bits per heavy atom. The highest BCUT2D eigenvalue weighted by Crippen LogP contribution is 2.38. The van der Waals surface area contributed by atoms with Crippen LogP contribution in [0.3, 0.4) is 0 Å². The van der Waals surface area contributed by atoms with E-state index in [-0.39, 0.29) is 18.2 Å². The number of ether oxygens (including phenoxy) is 2. The second-order valence-electron chi connectivity index (χ2n) is 7.50. The molecule has 3 aromatic rings. The fourth-order valence-electron chi connectivity index (χ4n) is 3.23. The molecule has 1 unspecified atom stereocenters. The molecule has 0 amide bonds. The molecule has 166 valence electrons. The average molecular weight is 471 g/mol. The number of nitriles is 1. The maximum atomic E-state index is 10.8. The van der Waals surface area contributed by atoms with Crippen molar-refractivity contribution in [2.45, 2.75) is 31.6 Å². The number of rotatable bonds is 8. The Balaban J connectivity index is 1.76. The van der Waals surface area contributed by atoms with E-state index in [1.54, 1.807) is 12.1 Å². The van der Waals surface area contributed by atoms with Crippen molar-refractivity contribution in [3.8, 4) is 17.6 Å². The molecule has 1 atom stereocenters. The third kappa shape index (κ3) is 5.43. The van der Waals surface area contributed by atoms with E-state index in [1.165, 1.54) is 13.3 Å². The van der Waals surface area contributed by atoms with Gasteiger partial charge in [0.1, 0.15) is 24.3 Å². The number of benzene rings is 2. The van der Waals surface area contributed by atoms with Crippen LogP contribution in [0.1, 0.15) is 42.1 Å². The SMILES string of the molecule is COc1c(Cl)cc(C(C)(C)c2ccc(OCc3ccnc(CS(=O)[O-])n3)cc2)cc1C#N. The Bertz CT molecular complexity index is 1180. The van der Waals surface area contributed by atoms with Crippen LogP contribution in [0.4, 0.5) is 0 Å². The highest BCUT2D eigenvalue weighted by Gasteiger charge is 2.26. The smallest absolute Gasteiger partial charge is 0.155 e. The Labute approximate surface area is 194 Å². The molecule has 7 nitrogen and oxygen atoms in total. The second-order valence-corrected chi connectivity index (χ2v) is 8.80. The van der Waals surface area contributed by atoms with E-state index in [2.05, 4.69) is 16.0 Å². The van der Waals surface area contributed by atoms with Crippen LogP contribution in [-0.4, -0.2) is 25.8 Å². The molecular weight excluding hydrogens is 450 g/mol. The molecule has 32 heavy (non-hydrogen) atoms. The summed E-state index contributed by atoms with van der Waals surface area (Å²) in [5.74, 6) is 1.00. The summed E-state index contributed by atoms with van der Waals surface area (Å²) >= 11 is 4.08. The summed E-state index contributed by atoms with van der Waals surface area (Å²) in [6.45, 7) is 4.28. The lowest BCUT2D eigenvalue weighted by atomic mass is 9.77. The van der Waals surface area contributed by atoms with Gasteiger partial charge in [-0.25, -0.2) is 9.97 Å². The van der Waals surface area contributed by atoms with E-state index in [1.807, 2.05) is 44.2 Å². The largest absolute Gasteiger partial charge is 0.772 e. The standard InChI is InChI=1S/C23H22ClN3O4S/c1-23(2,17-10-15(12-25)22(30-3)20(24)11-17)16-4-6-19(7-5-16)31-13-18-8-9-26-21(27-18)14-32(28)29/h4-11H,13-14H2,1-3H3,(H,28,29)/p-1. The molecule has 0 saturated carbocycles. The molecule has 0 bridgehead atoms. The minimum absolute atomic E-state index is 0.184. The van der Waals surface area contributed by atoms with Crippen molar-refractivity contribution in [1.29, 1.82) is 5.26 Å². The van der Waals surface area contributed by atoms with Gasteiger partial charge in [-0.15, -0.1) is 0 Å². The number of halogens is 1. The molecule has 1 heterocycles. The zero-order valence-electron chi connectivity index (χ0n) is 17.8. The monoisotopic (exact) mass is 470 g/mol. The van der Waals surface area contributed by atoms with Crippen molar-refractivity contribution < 1.29 is 18.2 Å². The lowest BCUT2D eigenvalue weighted by Gasteiger charge is -2.27. The first-order valence-corrected chi connectivity index (χ1v) is 11.2. The van der Waals surface area contributed by atoms with Gasteiger partial charge in [0.2, 0.25) is 0 Å². The Hall–Kier alpha value is -2.99. The molecule has 9 heteroatoms. The Kier molecular flexibility index (Phi) is 7.46. The maximum Gasteiger partial charge on any atom is 0.155 e.